The maximum atomic E-state index is 10.4. The molecule has 32 heavy (non-hydrogen) atoms. The fourth-order valence-corrected chi connectivity index (χ4v) is 4.00. The number of hydrogen-bond acceptors (Lipinski definition) is 7. The van der Waals surface area contributed by atoms with Gasteiger partial charge in [0, 0.05) is 5.02 Å². The summed E-state index contributed by atoms with van der Waals surface area (Å²) in [5.41, 5.74) is 2.46. The molecule has 4 unspecified atom stereocenters. The molecule has 1 saturated carbocycles. The van der Waals surface area contributed by atoms with Crippen molar-refractivity contribution in [1.29, 1.82) is 0 Å². The molecule has 0 spiro atoms. The molecule has 1 saturated heterocycles. The van der Waals surface area contributed by atoms with Gasteiger partial charge in [0.2, 0.25) is 0 Å². The van der Waals surface area contributed by atoms with E-state index in [1.54, 1.807) is 12.1 Å². The lowest BCUT2D eigenvalue weighted by Crippen LogP contribution is -2.55. The van der Waals surface area contributed by atoms with Crippen molar-refractivity contribution in [3.05, 3.63) is 64.2 Å². The number of rotatable bonds is 9. The van der Waals surface area contributed by atoms with Crippen molar-refractivity contribution in [3.8, 4) is 5.75 Å². The zero-order chi connectivity index (χ0) is 22.7. The van der Waals surface area contributed by atoms with Gasteiger partial charge in [-0.05, 0) is 54.2 Å². The Morgan fingerprint density at radius 2 is 1.69 bits per heavy atom. The first-order valence-electron chi connectivity index (χ1n) is 10.9. The third kappa shape index (κ3) is 5.61. The SMILES string of the molecule is OCC1O[C@@H](c2ccc(Cl)c(Cc3ccc(OCCOC4CC4)cc3)c2)C(O)C(O)C1O. The molecule has 5 atom stereocenters. The van der Waals surface area contributed by atoms with Gasteiger partial charge in [-0.25, -0.2) is 0 Å². The molecule has 2 aromatic rings. The van der Waals surface area contributed by atoms with Gasteiger partial charge in [-0.3, -0.25) is 0 Å². The van der Waals surface area contributed by atoms with Crippen LogP contribution >= 0.6 is 11.6 Å². The van der Waals surface area contributed by atoms with Crippen LogP contribution in [0.4, 0.5) is 0 Å². The van der Waals surface area contributed by atoms with E-state index in [2.05, 4.69) is 0 Å². The van der Waals surface area contributed by atoms with E-state index in [0.29, 0.717) is 36.3 Å². The van der Waals surface area contributed by atoms with E-state index < -0.39 is 37.1 Å². The molecule has 7 nitrogen and oxygen atoms in total. The van der Waals surface area contributed by atoms with E-state index in [4.69, 9.17) is 25.8 Å². The van der Waals surface area contributed by atoms with Gasteiger partial charge < -0.3 is 34.6 Å². The Bertz CT molecular complexity index is 884. The van der Waals surface area contributed by atoms with Crippen LogP contribution < -0.4 is 4.74 Å². The van der Waals surface area contributed by atoms with Gasteiger partial charge in [-0.1, -0.05) is 35.9 Å². The molecule has 1 aliphatic heterocycles. The lowest BCUT2D eigenvalue weighted by atomic mass is 9.90. The smallest absolute Gasteiger partial charge is 0.119 e. The molecule has 2 aromatic carbocycles. The fourth-order valence-electron chi connectivity index (χ4n) is 3.82. The predicted molar refractivity (Wildman–Crippen MR) is 118 cm³/mol. The number of aliphatic hydroxyl groups is 4. The number of ether oxygens (including phenoxy) is 3. The molecular weight excluding hydrogens is 436 g/mol. The molecule has 0 radical (unpaired) electrons. The van der Waals surface area contributed by atoms with Crippen LogP contribution in [0.15, 0.2) is 42.5 Å². The van der Waals surface area contributed by atoms with Gasteiger partial charge in [-0.15, -0.1) is 0 Å². The second kappa shape index (κ2) is 10.5. The van der Waals surface area contributed by atoms with Crippen LogP contribution in [0.2, 0.25) is 5.02 Å². The molecule has 0 aromatic heterocycles. The van der Waals surface area contributed by atoms with Crippen molar-refractivity contribution in [2.24, 2.45) is 0 Å². The van der Waals surface area contributed by atoms with Crippen molar-refractivity contribution in [1.82, 2.24) is 0 Å². The summed E-state index contributed by atoms with van der Waals surface area (Å²) in [6.07, 6.45) is -2.73. The monoisotopic (exact) mass is 464 g/mol. The predicted octanol–water partition coefficient (Wildman–Crippen LogP) is 2.00. The van der Waals surface area contributed by atoms with Crippen LogP contribution in [0.3, 0.4) is 0 Å². The van der Waals surface area contributed by atoms with Crippen molar-refractivity contribution >= 4 is 11.6 Å². The largest absolute Gasteiger partial charge is 0.491 e. The lowest BCUT2D eigenvalue weighted by molar-refractivity contribution is -0.231. The van der Waals surface area contributed by atoms with Crippen molar-refractivity contribution < 1.29 is 34.6 Å². The summed E-state index contributed by atoms with van der Waals surface area (Å²) in [5, 5.41) is 40.5. The Morgan fingerprint density at radius 1 is 0.938 bits per heavy atom. The van der Waals surface area contributed by atoms with Crippen molar-refractivity contribution in [2.45, 2.75) is 55.9 Å². The number of aliphatic hydroxyl groups excluding tert-OH is 4. The molecule has 8 heteroatoms. The van der Waals surface area contributed by atoms with E-state index in [9.17, 15) is 20.4 Å². The first kappa shape index (κ1) is 23.4. The van der Waals surface area contributed by atoms with Crippen molar-refractivity contribution in [3.63, 3.8) is 0 Å². The summed E-state index contributed by atoms with van der Waals surface area (Å²) < 4.78 is 16.9. The standard InChI is InChI=1S/C24H29ClO7/c25-19-8-3-15(24-23(29)22(28)21(27)20(13-26)32-24)12-16(19)11-14-1-4-17(5-2-14)30-9-10-31-18-6-7-18/h1-5,8,12,18,20-24,26-29H,6-7,9-11,13H2/t20?,21?,22?,23?,24-/m0/s1. The molecule has 1 aliphatic carbocycles. The van der Waals surface area contributed by atoms with E-state index in [-0.39, 0.29) is 0 Å². The van der Waals surface area contributed by atoms with Gasteiger partial charge in [0.25, 0.3) is 0 Å². The summed E-state index contributed by atoms with van der Waals surface area (Å²) in [4.78, 5) is 0. The molecule has 174 valence electrons. The quantitative estimate of drug-likeness (QED) is 0.420. The van der Waals surface area contributed by atoms with Gasteiger partial charge in [-0.2, -0.15) is 0 Å². The highest BCUT2D eigenvalue weighted by Gasteiger charge is 2.44. The normalized spacial score (nSPS) is 28.0. The van der Waals surface area contributed by atoms with E-state index in [1.807, 2.05) is 30.3 Å². The summed E-state index contributed by atoms with van der Waals surface area (Å²) in [6, 6.07) is 13.0. The Labute approximate surface area is 192 Å². The summed E-state index contributed by atoms with van der Waals surface area (Å²) in [5.74, 6) is 0.773. The fraction of sp³-hybridized carbons (Fsp3) is 0.500. The minimum Gasteiger partial charge on any atom is -0.491 e. The third-order valence-electron chi connectivity index (χ3n) is 5.84. The summed E-state index contributed by atoms with van der Waals surface area (Å²) in [6.45, 7) is 0.638. The van der Waals surface area contributed by atoms with Gasteiger partial charge in [0.1, 0.15) is 42.9 Å². The highest BCUT2D eigenvalue weighted by atomic mass is 35.5. The highest BCUT2D eigenvalue weighted by molar-refractivity contribution is 6.31. The number of halogens is 1. The van der Waals surface area contributed by atoms with Crippen LogP contribution in [0.5, 0.6) is 5.75 Å². The van der Waals surface area contributed by atoms with Gasteiger partial charge in [0.15, 0.2) is 0 Å². The zero-order valence-electron chi connectivity index (χ0n) is 17.6. The lowest BCUT2D eigenvalue weighted by Gasteiger charge is -2.40. The van der Waals surface area contributed by atoms with Gasteiger partial charge >= 0.3 is 0 Å². The zero-order valence-corrected chi connectivity index (χ0v) is 18.4. The molecule has 0 bridgehead atoms. The first-order valence-corrected chi connectivity index (χ1v) is 11.3. The van der Waals surface area contributed by atoms with E-state index in [1.165, 1.54) is 0 Å². The number of hydrogen-bond donors (Lipinski definition) is 4. The molecule has 4 N–H and O–H groups in total. The number of benzene rings is 2. The Kier molecular flexibility index (Phi) is 7.68. The molecule has 0 amide bonds. The average Bonchev–Trinajstić information content (AvgIpc) is 3.63. The molecule has 2 aliphatic rings. The van der Waals surface area contributed by atoms with Crippen LogP contribution in [0.25, 0.3) is 0 Å². The van der Waals surface area contributed by atoms with Crippen LogP contribution in [0.1, 0.15) is 35.6 Å². The van der Waals surface area contributed by atoms with Gasteiger partial charge in [0.05, 0.1) is 19.3 Å². The topological polar surface area (TPSA) is 109 Å². The highest BCUT2D eigenvalue weighted by Crippen LogP contribution is 2.34. The Morgan fingerprint density at radius 3 is 2.38 bits per heavy atom. The molecular formula is C24H29ClO7. The van der Waals surface area contributed by atoms with Crippen molar-refractivity contribution in [2.75, 3.05) is 19.8 Å². The Hall–Kier alpha value is -1.71. The minimum absolute atomic E-state index is 0.421. The molecule has 2 fully saturated rings. The summed E-state index contributed by atoms with van der Waals surface area (Å²) in [7, 11) is 0. The Balaban J connectivity index is 1.41. The second-order valence-corrected chi connectivity index (χ2v) is 8.75. The minimum atomic E-state index is -1.42. The molecule has 1 heterocycles. The summed E-state index contributed by atoms with van der Waals surface area (Å²) >= 11 is 6.40. The third-order valence-corrected chi connectivity index (χ3v) is 6.21. The van der Waals surface area contributed by atoms with E-state index >= 15 is 0 Å². The first-order chi connectivity index (χ1) is 15.5. The van der Waals surface area contributed by atoms with Crippen LogP contribution in [-0.2, 0) is 15.9 Å². The van der Waals surface area contributed by atoms with Crippen LogP contribution in [-0.4, -0.2) is 70.8 Å². The maximum absolute atomic E-state index is 10.4. The average molecular weight is 465 g/mol. The van der Waals surface area contributed by atoms with E-state index in [0.717, 1.165) is 29.7 Å². The maximum Gasteiger partial charge on any atom is 0.119 e. The second-order valence-electron chi connectivity index (χ2n) is 8.34. The molecule has 4 rings (SSSR count). The van der Waals surface area contributed by atoms with Crippen LogP contribution in [0, 0.1) is 0 Å².